The van der Waals surface area contributed by atoms with Crippen molar-refractivity contribution in [3.8, 4) is 0 Å². The molecular weight excluding hydrogens is 273 g/mol. The molecule has 0 aromatic heterocycles. The van der Waals surface area contributed by atoms with Crippen molar-refractivity contribution in [3.05, 3.63) is 5.32 Å². The van der Waals surface area contributed by atoms with Crippen molar-refractivity contribution in [1.82, 2.24) is 10.1 Å². The molecule has 1 saturated heterocycles. The first-order valence-corrected chi connectivity index (χ1v) is 4.91. The summed E-state index contributed by atoms with van der Waals surface area (Å²) < 4.78 is 0. The van der Waals surface area contributed by atoms with Crippen molar-refractivity contribution in [2.75, 3.05) is 33.2 Å². The first-order chi connectivity index (χ1) is 6.74. The van der Waals surface area contributed by atoms with E-state index < -0.39 is 0 Å². The zero-order valence-corrected chi connectivity index (χ0v) is 12.0. The second-order valence-corrected chi connectivity index (χ2v) is 3.60. The number of nitrogens with zero attached hydrogens (tertiary/aromatic N) is 3. The first kappa shape index (κ1) is 15.9. The third kappa shape index (κ3) is 6.23. The van der Waals surface area contributed by atoms with E-state index in [1.54, 1.807) is 7.05 Å². The summed E-state index contributed by atoms with van der Waals surface area (Å²) in [5.41, 5.74) is 0. The number of likely N-dealkylation sites (N-methyl/N-ethyl adjacent to an activating group) is 1. The van der Waals surface area contributed by atoms with E-state index in [4.69, 9.17) is 11.1 Å². The van der Waals surface area contributed by atoms with E-state index in [9.17, 15) is 0 Å². The topological polar surface area (TPSA) is 76.1 Å². The second kappa shape index (κ2) is 8.95. The predicted molar refractivity (Wildman–Crippen MR) is 53.4 cm³/mol. The Bertz CT molecular complexity index is 164. The number of rotatable bonds is 6. The van der Waals surface area contributed by atoms with Crippen molar-refractivity contribution in [2.45, 2.75) is 18.9 Å². The molecule has 1 heterocycles. The fourth-order valence-electron chi connectivity index (χ4n) is 1.55. The minimum atomic E-state index is 0. The van der Waals surface area contributed by atoms with Crippen molar-refractivity contribution in [2.24, 2.45) is 5.84 Å². The molecule has 6 nitrogen and oxygen atoms in total. The Kier molecular flexibility index (Phi) is 9.47. The van der Waals surface area contributed by atoms with Crippen LogP contribution in [0, 0.1) is 0 Å². The van der Waals surface area contributed by atoms with E-state index >= 15 is 0 Å². The molecule has 1 radical (unpaired) electrons. The van der Waals surface area contributed by atoms with Gasteiger partial charge in [0, 0.05) is 58.9 Å². The van der Waals surface area contributed by atoms with Gasteiger partial charge in [-0.1, -0.05) is 0 Å². The normalized spacial score (nSPS) is 22.0. The van der Waals surface area contributed by atoms with E-state index in [2.05, 4.69) is 10.3 Å². The molecule has 0 saturated carbocycles. The van der Waals surface area contributed by atoms with Gasteiger partial charge < -0.3 is 5.32 Å². The molecule has 0 spiro atoms. The van der Waals surface area contributed by atoms with Crippen LogP contribution in [0.4, 0.5) is 0 Å². The quantitative estimate of drug-likeness (QED) is 0.313. The molecule has 0 aromatic carbocycles. The van der Waals surface area contributed by atoms with Gasteiger partial charge in [0.15, 0.2) is 0 Å². The minimum Gasteiger partial charge on any atom is -0.660 e. The van der Waals surface area contributed by atoms with Crippen molar-refractivity contribution < 1.29 is 43.0 Å². The van der Waals surface area contributed by atoms with Gasteiger partial charge in [-0.15, -0.1) is 18.1 Å². The number of hydrazine groups is 1. The van der Waals surface area contributed by atoms with Gasteiger partial charge in [0.05, 0.1) is 0 Å². The van der Waals surface area contributed by atoms with Crippen LogP contribution in [0.25, 0.3) is 5.32 Å². The number of hydroxylamine groups is 2. The second-order valence-electron chi connectivity index (χ2n) is 3.60. The van der Waals surface area contributed by atoms with E-state index in [1.165, 1.54) is 5.06 Å². The summed E-state index contributed by atoms with van der Waals surface area (Å²) in [7, 11) is 1.65. The Labute approximate surface area is 116 Å². The molecule has 0 amide bonds. The molecule has 1 aliphatic rings. The van der Waals surface area contributed by atoms with Crippen LogP contribution in [0.15, 0.2) is 0 Å². The zero-order chi connectivity index (χ0) is 10.4. The van der Waals surface area contributed by atoms with Crippen LogP contribution >= 0.6 is 0 Å². The molecule has 1 fully saturated rings. The van der Waals surface area contributed by atoms with Gasteiger partial charge in [-0.05, 0) is 12.8 Å². The number of hydrogen-bond donors (Lipinski definition) is 2. The predicted octanol–water partition coefficient (Wildman–Crippen LogP) is 0.0321. The SMILES string of the molecule is CN(CC[N-]CC1CCCN1N)OO.[Y]. The third-order valence-electron chi connectivity index (χ3n) is 2.47. The standard InChI is InChI=1S/C8H19N4O2.Y/c1-11(14-13)6-4-10-7-8-3-2-5-12(8)9;/h8,13H,2-7,9H2,1H3;/q-1;. The van der Waals surface area contributed by atoms with E-state index in [1.807, 2.05) is 5.01 Å². The van der Waals surface area contributed by atoms with Crippen LogP contribution in [0.1, 0.15) is 12.8 Å². The molecular formula is C8H19N4O2Y-. The van der Waals surface area contributed by atoms with Crippen LogP contribution in [0.2, 0.25) is 0 Å². The summed E-state index contributed by atoms with van der Waals surface area (Å²) in [5.74, 6) is 5.75. The number of hydrogen-bond acceptors (Lipinski definition) is 5. The fraction of sp³-hybridized carbons (Fsp3) is 1.00. The smallest absolute Gasteiger partial charge is 0.0156 e. The maximum absolute atomic E-state index is 8.24. The Hall–Kier alpha value is 0.864. The van der Waals surface area contributed by atoms with Crippen LogP contribution < -0.4 is 5.84 Å². The third-order valence-corrected chi connectivity index (χ3v) is 2.47. The maximum Gasteiger partial charge on any atom is 0.0156 e. The van der Waals surface area contributed by atoms with Crippen molar-refractivity contribution in [3.63, 3.8) is 0 Å². The van der Waals surface area contributed by atoms with Gasteiger partial charge in [0.25, 0.3) is 0 Å². The molecule has 1 unspecified atom stereocenters. The summed E-state index contributed by atoms with van der Waals surface area (Å²) >= 11 is 0. The van der Waals surface area contributed by atoms with E-state index in [-0.39, 0.29) is 32.7 Å². The summed E-state index contributed by atoms with van der Waals surface area (Å²) in [6.07, 6.45) is 2.29. The first-order valence-electron chi connectivity index (χ1n) is 4.91. The monoisotopic (exact) mass is 292 g/mol. The minimum absolute atomic E-state index is 0. The molecule has 1 atom stereocenters. The van der Waals surface area contributed by atoms with Crippen LogP contribution in [0.5, 0.6) is 0 Å². The van der Waals surface area contributed by atoms with Crippen molar-refractivity contribution >= 4 is 0 Å². The molecule has 3 N–H and O–H groups in total. The van der Waals surface area contributed by atoms with Crippen LogP contribution in [0.3, 0.4) is 0 Å². The molecule has 0 bridgehead atoms. The van der Waals surface area contributed by atoms with E-state index in [0.717, 1.165) is 25.9 Å². The number of nitrogens with two attached hydrogens (primary N) is 1. The molecule has 7 heteroatoms. The molecule has 87 valence electrons. The Morgan fingerprint density at radius 3 is 2.93 bits per heavy atom. The van der Waals surface area contributed by atoms with Gasteiger partial charge >= 0.3 is 0 Å². The van der Waals surface area contributed by atoms with Gasteiger partial charge in [-0.2, -0.15) is 5.06 Å². The summed E-state index contributed by atoms with van der Waals surface area (Å²) in [6.45, 7) is 2.99. The van der Waals surface area contributed by atoms with Crippen LogP contribution in [-0.2, 0) is 37.7 Å². The van der Waals surface area contributed by atoms with E-state index in [0.29, 0.717) is 19.1 Å². The average Bonchev–Trinajstić information content (AvgIpc) is 2.58. The van der Waals surface area contributed by atoms with Crippen molar-refractivity contribution in [1.29, 1.82) is 0 Å². The summed E-state index contributed by atoms with van der Waals surface area (Å²) in [6, 6.07) is 0.398. The van der Waals surface area contributed by atoms with Gasteiger partial charge in [-0.3, -0.25) is 5.84 Å². The van der Waals surface area contributed by atoms with Gasteiger partial charge in [-0.25, -0.2) is 10.3 Å². The van der Waals surface area contributed by atoms with Gasteiger partial charge in [0.1, 0.15) is 0 Å². The van der Waals surface area contributed by atoms with Crippen LogP contribution in [-0.4, -0.2) is 54.6 Å². The average molecular weight is 292 g/mol. The molecule has 1 aliphatic heterocycles. The molecule has 0 aromatic rings. The largest absolute Gasteiger partial charge is 0.660 e. The Morgan fingerprint density at radius 1 is 1.67 bits per heavy atom. The maximum atomic E-state index is 8.24. The molecule has 0 aliphatic carbocycles. The fourth-order valence-corrected chi connectivity index (χ4v) is 1.55. The van der Waals surface area contributed by atoms with Gasteiger partial charge in [0.2, 0.25) is 0 Å². The Balaban J connectivity index is 0.00000196. The molecule has 1 rings (SSSR count). The zero-order valence-electron chi connectivity index (χ0n) is 9.17. The summed E-state index contributed by atoms with van der Waals surface area (Å²) in [5, 5.41) is 15.8. The Morgan fingerprint density at radius 2 is 2.40 bits per heavy atom. The molecule has 15 heavy (non-hydrogen) atoms. The summed E-state index contributed by atoms with van der Waals surface area (Å²) in [4.78, 5) is 3.98.